The van der Waals surface area contributed by atoms with E-state index < -0.39 is 0 Å². The first-order chi connectivity index (χ1) is 9.04. The van der Waals surface area contributed by atoms with Gasteiger partial charge in [-0.25, -0.2) is 0 Å². The van der Waals surface area contributed by atoms with Gasteiger partial charge in [0.15, 0.2) is 0 Å². The molecule has 0 amide bonds. The van der Waals surface area contributed by atoms with E-state index in [1.807, 2.05) is 25.1 Å². The summed E-state index contributed by atoms with van der Waals surface area (Å²) in [6.45, 7) is 2.60. The Bertz CT molecular complexity index is 554. The second-order valence-electron chi connectivity index (χ2n) is 4.43. The summed E-state index contributed by atoms with van der Waals surface area (Å²) in [4.78, 5) is 1.20. The minimum atomic E-state index is 0.139. The Morgan fingerprint density at radius 1 is 1.26 bits per heavy atom. The lowest BCUT2D eigenvalue weighted by Gasteiger charge is -2.11. The monoisotopic (exact) mass is 403 g/mol. The minimum absolute atomic E-state index is 0.139. The molecule has 0 aliphatic heterocycles. The highest BCUT2D eigenvalue weighted by molar-refractivity contribution is 9.11. The van der Waals surface area contributed by atoms with E-state index in [0.717, 1.165) is 20.4 Å². The van der Waals surface area contributed by atoms with E-state index in [1.165, 1.54) is 10.4 Å². The summed E-state index contributed by atoms with van der Waals surface area (Å²) in [6, 6.07) is 10.3. The van der Waals surface area contributed by atoms with Crippen molar-refractivity contribution in [1.82, 2.24) is 0 Å². The maximum Gasteiger partial charge on any atom is 0.122 e. The maximum atomic E-state index is 5.85. The molecule has 0 aliphatic carbocycles. The number of rotatable bonds is 5. The third kappa shape index (κ3) is 4.60. The van der Waals surface area contributed by atoms with Gasteiger partial charge < -0.3 is 10.5 Å². The molecular formula is C14H15Br2NOS. The van der Waals surface area contributed by atoms with E-state index in [0.29, 0.717) is 6.61 Å². The van der Waals surface area contributed by atoms with Gasteiger partial charge in [-0.15, -0.1) is 11.3 Å². The fourth-order valence-electron chi connectivity index (χ4n) is 1.73. The number of nitrogens with two attached hydrogens (primary N) is 1. The zero-order chi connectivity index (χ0) is 13.8. The zero-order valence-electron chi connectivity index (χ0n) is 10.5. The van der Waals surface area contributed by atoms with E-state index >= 15 is 0 Å². The highest BCUT2D eigenvalue weighted by Gasteiger charge is 2.06. The Morgan fingerprint density at radius 2 is 2.05 bits per heavy atom. The van der Waals surface area contributed by atoms with Crippen molar-refractivity contribution >= 4 is 43.2 Å². The average Bonchev–Trinajstić information content (AvgIpc) is 2.75. The fraction of sp³-hybridized carbons (Fsp3) is 0.286. The molecule has 0 fully saturated rings. The van der Waals surface area contributed by atoms with Crippen LogP contribution in [0.5, 0.6) is 5.75 Å². The third-order valence-electron chi connectivity index (χ3n) is 2.57. The molecule has 1 unspecified atom stereocenters. The lowest BCUT2D eigenvalue weighted by Crippen LogP contribution is -2.18. The molecule has 19 heavy (non-hydrogen) atoms. The van der Waals surface area contributed by atoms with Gasteiger partial charge in [0, 0.05) is 15.4 Å². The molecule has 2 N–H and O–H groups in total. The number of benzene rings is 1. The standard InChI is InChI=1S/C14H15Br2NOS/c1-9(17)6-10-7-11(2-4-13(10)15)18-8-12-3-5-14(16)19-12/h2-5,7,9H,6,8,17H2,1H3. The predicted octanol–water partition coefficient (Wildman–Crippen LogP) is 4.74. The van der Waals surface area contributed by atoms with Gasteiger partial charge in [-0.1, -0.05) is 15.9 Å². The van der Waals surface area contributed by atoms with E-state index in [2.05, 4.69) is 44.0 Å². The molecular weight excluding hydrogens is 390 g/mol. The van der Waals surface area contributed by atoms with Crippen LogP contribution in [0.15, 0.2) is 38.6 Å². The smallest absolute Gasteiger partial charge is 0.122 e. The van der Waals surface area contributed by atoms with Crippen LogP contribution >= 0.6 is 43.2 Å². The number of halogens is 2. The summed E-state index contributed by atoms with van der Waals surface area (Å²) in [6.07, 6.45) is 0.836. The fourth-order valence-corrected chi connectivity index (χ4v) is 3.53. The van der Waals surface area contributed by atoms with E-state index in [-0.39, 0.29) is 6.04 Å². The average molecular weight is 405 g/mol. The molecule has 2 aromatic rings. The molecule has 0 spiro atoms. The van der Waals surface area contributed by atoms with Crippen LogP contribution in [0, 0.1) is 0 Å². The third-order valence-corrected chi connectivity index (χ3v) is 4.94. The van der Waals surface area contributed by atoms with Crippen LogP contribution in [0.2, 0.25) is 0 Å². The Morgan fingerprint density at radius 3 is 2.68 bits per heavy atom. The van der Waals surface area contributed by atoms with Crippen molar-refractivity contribution in [2.45, 2.75) is 26.0 Å². The molecule has 1 aromatic carbocycles. The van der Waals surface area contributed by atoms with Crippen molar-refractivity contribution in [1.29, 1.82) is 0 Å². The molecule has 0 aliphatic rings. The van der Waals surface area contributed by atoms with Crippen molar-refractivity contribution < 1.29 is 4.74 Å². The van der Waals surface area contributed by atoms with E-state index in [9.17, 15) is 0 Å². The van der Waals surface area contributed by atoms with Crippen molar-refractivity contribution in [3.05, 3.63) is 49.0 Å². The second kappa shape index (κ2) is 6.88. The van der Waals surface area contributed by atoms with Gasteiger partial charge in [-0.3, -0.25) is 0 Å². The van der Waals surface area contributed by atoms with Crippen LogP contribution in [0.25, 0.3) is 0 Å². The topological polar surface area (TPSA) is 35.2 Å². The normalized spacial score (nSPS) is 12.4. The molecule has 0 radical (unpaired) electrons. The van der Waals surface area contributed by atoms with Gasteiger partial charge in [0.05, 0.1) is 3.79 Å². The summed E-state index contributed by atoms with van der Waals surface area (Å²) >= 11 is 8.68. The summed E-state index contributed by atoms with van der Waals surface area (Å²) in [7, 11) is 0. The molecule has 1 atom stereocenters. The summed E-state index contributed by atoms with van der Waals surface area (Å²) in [5.41, 5.74) is 7.03. The van der Waals surface area contributed by atoms with Gasteiger partial charge in [0.2, 0.25) is 0 Å². The van der Waals surface area contributed by atoms with Crippen molar-refractivity contribution in [3.63, 3.8) is 0 Å². The lowest BCUT2D eigenvalue weighted by molar-refractivity contribution is 0.309. The maximum absolute atomic E-state index is 5.85. The van der Waals surface area contributed by atoms with E-state index in [4.69, 9.17) is 10.5 Å². The first kappa shape index (κ1) is 15.0. The summed E-state index contributed by atoms with van der Waals surface area (Å²) in [5, 5.41) is 0. The van der Waals surface area contributed by atoms with Crippen molar-refractivity contribution in [3.8, 4) is 5.75 Å². The Kier molecular flexibility index (Phi) is 5.45. The molecule has 1 heterocycles. The molecule has 102 valence electrons. The second-order valence-corrected chi connectivity index (χ2v) is 7.83. The first-order valence-corrected chi connectivity index (χ1v) is 8.36. The Labute approximate surface area is 134 Å². The number of hydrogen-bond donors (Lipinski definition) is 1. The van der Waals surface area contributed by atoms with Gasteiger partial charge in [0.25, 0.3) is 0 Å². The molecule has 0 bridgehead atoms. The van der Waals surface area contributed by atoms with Gasteiger partial charge >= 0.3 is 0 Å². The van der Waals surface area contributed by atoms with Gasteiger partial charge in [0.1, 0.15) is 12.4 Å². The summed E-state index contributed by atoms with van der Waals surface area (Å²) < 4.78 is 8.01. The quantitative estimate of drug-likeness (QED) is 0.780. The minimum Gasteiger partial charge on any atom is -0.488 e. The highest BCUT2D eigenvalue weighted by atomic mass is 79.9. The number of ether oxygens (including phenoxy) is 1. The Hall–Kier alpha value is -0.360. The SMILES string of the molecule is CC(N)Cc1cc(OCc2ccc(Br)s2)ccc1Br. The molecule has 2 rings (SSSR count). The highest BCUT2D eigenvalue weighted by Crippen LogP contribution is 2.26. The Balaban J connectivity index is 2.04. The van der Waals surface area contributed by atoms with Gasteiger partial charge in [-0.05, 0) is 65.2 Å². The number of hydrogen-bond acceptors (Lipinski definition) is 3. The number of thiophene rings is 1. The summed E-state index contributed by atoms with van der Waals surface area (Å²) in [5.74, 6) is 0.878. The van der Waals surface area contributed by atoms with Gasteiger partial charge in [-0.2, -0.15) is 0 Å². The molecule has 1 aromatic heterocycles. The van der Waals surface area contributed by atoms with Crippen LogP contribution < -0.4 is 10.5 Å². The predicted molar refractivity (Wildman–Crippen MR) is 87.8 cm³/mol. The molecule has 5 heteroatoms. The van der Waals surface area contributed by atoms with Crippen LogP contribution in [-0.2, 0) is 13.0 Å². The van der Waals surface area contributed by atoms with Crippen LogP contribution in [0.1, 0.15) is 17.4 Å². The zero-order valence-corrected chi connectivity index (χ0v) is 14.5. The van der Waals surface area contributed by atoms with Crippen molar-refractivity contribution in [2.24, 2.45) is 5.73 Å². The van der Waals surface area contributed by atoms with Crippen LogP contribution in [-0.4, -0.2) is 6.04 Å². The van der Waals surface area contributed by atoms with Crippen LogP contribution in [0.4, 0.5) is 0 Å². The molecule has 0 saturated heterocycles. The molecule has 0 saturated carbocycles. The largest absolute Gasteiger partial charge is 0.488 e. The molecule has 2 nitrogen and oxygen atoms in total. The van der Waals surface area contributed by atoms with Crippen molar-refractivity contribution in [2.75, 3.05) is 0 Å². The van der Waals surface area contributed by atoms with E-state index in [1.54, 1.807) is 11.3 Å². The van der Waals surface area contributed by atoms with Crippen LogP contribution in [0.3, 0.4) is 0 Å². The lowest BCUT2D eigenvalue weighted by atomic mass is 10.1. The first-order valence-electron chi connectivity index (χ1n) is 5.95.